The Morgan fingerprint density at radius 3 is 2.80 bits per heavy atom. The molecule has 3 heteroatoms. The summed E-state index contributed by atoms with van der Waals surface area (Å²) in [6, 6.07) is 8.39. The second-order valence-electron chi connectivity index (χ2n) is 3.72. The molecule has 1 N–H and O–H groups in total. The molecule has 0 bridgehead atoms. The van der Waals surface area contributed by atoms with Crippen LogP contribution in [0.1, 0.15) is 6.42 Å². The lowest BCUT2D eigenvalue weighted by Gasteiger charge is -2.14. The minimum Gasteiger partial charge on any atom is -0.385 e. The Morgan fingerprint density at radius 2 is 2.13 bits per heavy atom. The molecule has 0 saturated carbocycles. The van der Waals surface area contributed by atoms with Crippen molar-refractivity contribution >= 4 is 11.4 Å². The van der Waals surface area contributed by atoms with Crippen LogP contribution in [0.2, 0.25) is 0 Å². The molecule has 0 amide bonds. The van der Waals surface area contributed by atoms with Gasteiger partial charge in [0.25, 0.3) is 0 Å². The first-order valence-corrected chi connectivity index (χ1v) is 5.24. The first-order chi connectivity index (χ1) is 7.24. The molecule has 0 aromatic heterocycles. The molecule has 0 heterocycles. The van der Waals surface area contributed by atoms with Gasteiger partial charge in [-0.1, -0.05) is 6.07 Å². The van der Waals surface area contributed by atoms with Gasteiger partial charge in [0.1, 0.15) is 0 Å². The number of anilines is 2. The van der Waals surface area contributed by atoms with E-state index in [-0.39, 0.29) is 0 Å². The topological polar surface area (TPSA) is 24.5 Å². The second kappa shape index (κ2) is 6.30. The van der Waals surface area contributed by atoms with E-state index in [9.17, 15) is 0 Å². The summed E-state index contributed by atoms with van der Waals surface area (Å²) in [6.45, 7) is 1.76. The van der Waals surface area contributed by atoms with E-state index in [4.69, 9.17) is 4.74 Å². The second-order valence-corrected chi connectivity index (χ2v) is 3.72. The van der Waals surface area contributed by atoms with Crippen molar-refractivity contribution in [2.75, 3.05) is 44.6 Å². The van der Waals surface area contributed by atoms with Crippen molar-refractivity contribution in [3.8, 4) is 0 Å². The maximum atomic E-state index is 4.99. The smallest absolute Gasteiger partial charge is 0.0479 e. The summed E-state index contributed by atoms with van der Waals surface area (Å²) in [5, 5.41) is 3.37. The molecule has 1 aromatic carbocycles. The number of hydrogen-bond donors (Lipinski definition) is 1. The number of methoxy groups -OCH3 is 1. The summed E-state index contributed by atoms with van der Waals surface area (Å²) in [7, 11) is 5.82. The highest BCUT2D eigenvalue weighted by atomic mass is 16.5. The maximum absolute atomic E-state index is 4.99. The van der Waals surface area contributed by atoms with Crippen molar-refractivity contribution in [1.29, 1.82) is 0 Å². The van der Waals surface area contributed by atoms with Crippen molar-refractivity contribution in [3.05, 3.63) is 24.3 Å². The van der Waals surface area contributed by atoms with Gasteiger partial charge in [-0.05, 0) is 24.6 Å². The summed E-state index contributed by atoms with van der Waals surface area (Å²) in [6.07, 6.45) is 1.03. The highest BCUT2D eigenvalue weighted by Crippen LogP contribution is 2.16. The minimum absolute atomic E-state index is 0.806. The number of nitrogens with one attached hydrogen (secondary N) is 1. The van der Waals surface area contributed by atoms with Gasteiger partial charge in [0.05, 0.1) is 0 Å². The van der Waals surface area contributed by atoms with Crippen LogP contribution in [0.3, 0.4) is 0 Å². The van der Waals surface area contributed by atoms with Crippen LogP contribution in [0.4, 0.5) is 11.4 Å². The lowest BCUT2D eigenvalue weighted by Crippen LogP contribution is -2.09. The largest absolute Gasteiger partial charge is 0.385 e. The molecule has 1 aromatic rings. The van der Waals surface area contributed by atoms with Gasteiger partial charge in [-0.25, -0.2) is 0 Å². The lowest BCUT2D eigenvalue weighted by atomic mass is 10.2. The number of hydrogen-bond acceptors (Lipinski definition) is 3. The van der Waals surface area contributed by atoms with E-state index in [0.717, 1.165) is 25.3 Å². The molecule has 0 saturated heterocycles. The molecule has 0 aliphatic carbocycles. The van der Waals surface area contributed by atoms with Gasteiger partial charge in [-0.3, -0.25) is 0 Å². The molecule has 1 rings (SSSR count). The van der Waals surface area contributed by atoms with Gasteiger partial charge in [0.2, 0.25) is 0 Å². The third kappa shape index (κ3) is 4.21. The predicted molar refractivity (Wildman–Crippen MR) is 65.8 cm³/mol. The van der Waals surface area contributed by atoms with Gasteiger partial charge in [0.15, 0.2) is 0 Å². The normalized spacial score (nSPS) is 10.1. The van der Waals surface area contributed by atoms with Gasteiger partial charge >= 0.3 is 0 Å². The monoisotopic (exact) mass is 208 g/mol. The maximum Gasteiger partial charge on any atom is 0.0479 e. The number of rotatable bonds is 6. The van der Waals surface area contributed by atoms with Crippen LogP contribution in [0, 0.1) is 0 Å². The zero-order valence-corrected chi connectivity index (χ0v) is 9.79. The van der Waals surface area contributed by atoms with Crippen molar-refractivity contribution in [1.82, 2.24) is 0 Å². The van der Waals surface area contributed by atoms with Crippen LogP contribution in [0.15, 0.2) is 24.3 Å². The Kier molecular flexibility index (Phi) is 4.98. The Morgan fingerprint density at radius 1 is 1.33 bits per heavy atom. The molecule has 15 heavy (non-hydrogen) atoms. The van der Waals surface area contributed by atoms with E-state index < -0.39 is 0 Å². The fourth-order valence-electron chi connectivity index (χ4n) is 1.34. The summed E-state index contributed by atoms with van der Waals surface area (Å²) in [5.74, 6) is 0. The highest BCUT2D eigenvalue weighted by molar-refractivity contribution is 5.57. The van der Waals surface area contributed by atoms with Gasteiger partial charge in [-0.15, -0.1) is 0 Å². The average Bonchev–Trinajstić information content (AvgIpc) is 2.25. The molecule has 3 nitrogen and oxygen atoms in total. The van der Waals surface area contributed by atoms with E-state index in [1.165, 1.54) is 5.69 Å². The highest BCUT2D eigenvalue weighted by Gasteiger charge is 1.96. The lowest BCUT2D eigenvalue weighted by molar-refractivity contribution is 0.198. The molecule has 0 atom stereocenters. The van der Waals surface area contributed by atoms with Crippen LogP contribution in [-0.4, -0.2) is 34.4 Å². The molecular formula is C12H20N2O. The molecule has 0 fully saturated rings. The third-order valence-electron chi connectivity index (χ3n) is 2.22. The molecular weight excluding hydrogens is 188 g/mol. The molecule has 84 valence electrons. The summed E-state index contributed by atoms with van der Waals surface area (Å²) in [4.78, 5) is 2.10. The van der Waals surface area contributed by atoms with E-state index >= 15 is 0 Å². The van der Waals surface area contributed by atoms with Crippen LogP contribution < -0.4 is 10.2 Å². The molecule has 0 unspecified atom stereocenters. The molecule has 0 aliphatic rings. The standard InChI is InChI=1S/C12H20N2O/c1-14(2)12-7-4-6-11(10-12)13-8-5-9-15-3/h4,6-7,10,13H,5,8-9H2,1-3H3. The van der Waals surface area contributed by atoms with Crippen LogP contribution in [0.25, 0.3) is 0 Å². The fraction of sp³-hybridized carbons (Fsp3) is 0.500. The van der Waals surface area contributed by atoms with E-state index in [1.807, 2.05) is 14.1 Å². The summed E-state index contributed by atoms with van der Waals surface area (Å²) in [5.41, 5.74) is 2.38. The Labute approximate surface area is 92.0 Å². The molecule has 0 spiro atoms. The van der Waals surface area contributed by atoms with Crippen molar-refractivity contribution in [2.45, 2.75) is 6.42 Å². The Bertz CT molecular complexity index is 287. The summed E-state index contributed by atoms with van der Waals surface area (Å²) < 4.78 is 4.99. The van der Waals surface area contributed by atoms with E-state index in [1.54, 1.807) is 7.11 Å². The third-order valence-corrected chi connectivity index (χ3v) is 2.22. The fourth-order valence-corrected chi connectivity index (χ4v) is 1.34. The summed E-state index contributed by atoms with van der Waals surface area (Å²) >= 11 is 0. The van der Waals surface area contributed by atoms with Gasteiger partial charge < -0.3 is 15.0 Å². The van der Waals surface area contributed by atoms with Gasteiger partial charge in [0, 0.05) is 45.7 Å². The zero-order valence-electron chi connectivity index (χ0n) is 9.79. The zero-order chi connectivity index (χ0) is 11.1. The van der Waals surface area contributed by atoms with Crippen LogP contribution in [0.5, 0.6) is 0 Å². The minimum atomic E-state index is 0.806. The van der Waals surface area contributed by atoms with Gasteiger partial charge in [-0.2, -0.15) is 0 Å². The number of benzene rings is 1. The van der Waals surface area contributed by atoms with Crippen molar-refractivity contribution in [3.63, 3.8) is 0 Å². The first kappa shape index (κ1) is 11.9. The van der Waals surface area contributed by atoms with Crippen LogP contribution in [-0.2, 0) is 4.74 Å². The quantitative estimate of drug-likeness (QED) is 0.725. The van der Waals surface area contributed by atoms with Crippen molar-refractivity contribution < 1.29 is 4.74 Å². The SMILES string of the molecule is COCCCNc1cccc(N(C)C)c1. The van der Waals surface area contributed by atoms with Crippen LogP contribution >= 0.6 is 0 Å². The Balaban J connectivity index is 2.43. The molecule has 0 aliphatic heterocycles. The number of nitrogens with zero attached hydrogens (tertiary/aromatic N) is 1. The van der Waals surface area contributed by atoms with Crippen molar-refractivity contribution in [2.24, 2.45) is 0 Å². The predicted octanol–water partition coefficient (Wildman–Crippen LogP) is 2.20. The molecule has 0 radical (unpaired) electrons. The van der Waals surface area contributed by atoms with E-state index in [2.05, 4.69) is 34.5 Å². The van der Waals surface area contributed by atoms with E-state index in [0.29, 0.717) is 0 Å². The first-order valence-electron chi connectivity index (χ1n) is 5.24. The average molecular weight is 208 g/mol. The number of ether oxygens (including phenoxy) is 1. The Hall–Kier alpha value is -1.22.